The summed E-state index contributed by atoms with van der Waals surface area (Å²) in [5, 5.41) is 0.338. The molecule has 46 valence electrons. The van der Waals surface area contributed by atoms with Gasteiger partial charge >= 0.3 is 0 Å². The summed E-state index contributed by atoms with van der Waals surface area (Å²) < 4.78 is 0. The van der Waals surface area contributed by atoms with Crippen molar-refractivity contribution in [3.8, 4) is 0 Å². The second-order valence-corrected chi connectivity index (χ2v) is 2.79. The summed E-state index contributed by atoms with van der Waals surface area (Å²) in [5.41, 5.74) is 1.53. The summed E-state index contributed by atoms with van der Waals surface area (Å²) in [4.78, 5) is 0. The van der Waals surface area contributed by atoms with Gasteiger partial charge in [0.05, 0.1) is 5.38 Å². The lowest BCUT2D eigenvalue weighted by atomic mass is 10.2. The van der Waals surface area contributed by atoms with E-state index in [0.29, 0.717) is 5.38 Å². The van der Waals surface area contributed by atoms with Gasteiger partial charge in [-0.15, -0.1) is 11.6 Å². The van der Waals surface area contributed by atoms with Gasteiger partial charge in [-0.05, 0) is 19.3 Å². The molecule has 0 aromatic rings. The topological polar surface area (TPSA) is 0 Å². The number of halogens is 1. The van der Waals surface area contributed by atoms with Crippen molar-refractivity contribution >= 4 is 11.6 Å². The quantitative estimate of drug-likeness (QED) is 0.378. The van der Waals surface area contributed by atoms with E-state index in [-0.39, 0.29) is 0 Å². The molecule has 0 aromatic heterocycles. The highest BCUT2D eigenvalue weighted by atomic mass is 35.5. The Morgan fingerprint density at radius 3 is 2.88 bits per heavy atom. The van der Waals surface area contributed by atoms with Gasteiger partial charge in [-0.2, -0.15) is 0 Å². The molecule has 0 aliphatic heterocycles. The molecule has 0 bridgehead atoms. The van der Waals surface area contributed by atoms with Crippen molar-refractivity contribution in [2.75, 3.05) is 0 Å². The molecule has 0 amide bonds. The van der Waals surface area contributed by atoms with E-state index in [4.69, 9.17) is 11.6 Å². The minimum Gasteiger partial charge on any atom is -0.118 e. The van der Waals surface area contributed by atoms with E-state index in [2.05, 4.69) is 13.0 Å². The minimum atomic E-state index is 0.338. The lowest BCUT2D eigenvalue weighted by Crippen LogP contribution is -1.81. The molecule has 1 rings (SSSR count). The van der Waals surface area contributed by atoms with E-state index < -0.39 is 0 Å². The predicted molar refractivity (Wildman–Crippen MR) is 37.2 cm³/mol. The van der Waals surface area contributed by atoms with Gasteiger partial charge in [-0.25, -0.2) is 0 Å². The first-order valence-electron chi connectivity index (χ1n) is 3.16. The maximum atomic E-state index is 5.81. The lowest BCUT2D eigenvalue weighted by Gasteiger charge is -1.88. The third-order valence-corrected chi connectivity index (χ3v) is 1.96. The SMILES string of the molecule is CCC1=C[C@@H](Cl)CC1. The van der Waals surface area contributed by atoms with Crippen LogP contribution in [-0.2, 0) is 0 Å². The van der Waals surface area contributed by atoms with Crippen molar-refractivity contribution in [1.82, 2.24) is 0 Å². The Labute approximate surface area is 55.5 Å². The van der Waals surface area contributed by atoms with Gasteiger partial charge in [0.15, 0.2) is 0 Å². The fraction of sp³-hybridized carbons (Fsp3) is 0.714. The van der Waals surface area contributed by atoms with Crippen molar-refractivity contribution < 1.29 is 0 Å². The zero-order chi connectivity index (χ0) is 5.98. The zero-order valence-electron chi connectivity index (χ0n) is 5.15. The molecule has 0 aromatic carbocycles. The van der Waals surface area contributed by atoms with Gasteiger partial charge < -0.3 is 0 Å². The van der Waals surface area contributed by atoms with E-state index in [9.17, 15) is 0 Å². The van der Waals surface area contributed by atoms with E-state index in [1.807, 2.05) is 0 Å². The summed E-state index contributed by atoms with van der Waals surface area (Å²) >= 11 is 5.81. The molecule has 0 heterocycles. The number of hydrogen-bond donors (Lipinski definition) is 0. The Morgan fingerprint density at radius 1 is 1.88 bits per heavy atom. The summed E-state index contributed by atoms with van der Waals surface area (Å²) in [7, 11) is 0. The van der Waals surface area contributed by atoms with E-state index in [1.165, 1.54) is 18.4 Å². The van der Waals surface area contributed by atoms with Gasteiger partial charge in [0.1, 0.15) is 0 Å². The Balaban J connectivity index is 2.44. The van der Waals surface area contributed by atoms with Crippen LogP contribution in [0.25, 0.3) is 0 Å². The van der Waals surface area contributed by atoms with Crippen LogP contribution in [0.3, 0.4) is 0 Å². The minimum absolute atomic E-state index is 0.338. The van der Waals surface area contributed by atoms with Crippen molar-refractivity contribution in [1.29, 1.82) is 0 Å². The van der Waals surface area contributed by atoms with Gasteiger partial charge in [-0.1, -0.05) is 18.6 Å². The summed E-state index contributed by atoms with van der Waals surface area (Å²) in [5.74, 6) is 0. The first kappa shape index (κ1) is 6.15. The lowest BCUT2D eigenvalue weighted by molar-refractivity contribution is 0.884. The molecule has 0 saturated carbocycles. The molecule has 1 aliphatic rings. The fourth-order valence-corrected chi connectivity index (χ4v) is 1.33. The van der Waals surface area contributed by atoms with Crippen molar-refractivity contribution in [3.05, 3.63) is 11.6 Å². The molecule has 1 atom stereocenters. The summed E-state index contributed by atoms with van der Waals surface area (Å²) in [6, 6.07) is 0. The largest absolute Gasteiger partial charge is 0.118 e. The highest BCUT2D eigenvalue weighted by molar-refractivity contribution is 6.22. The summed E-state index contributed by atoms with van der Waals surface area (Å²) in [6.45, 7) is 2.18. The Bertz CT molecular complexity index is 105. The number of hydrogen-bond acceptors (Lipinski definition) is 0. The van der Waals surface area contributed by atoms with Crippen LogP contribution in [0.4, 0.5) is 0 Å². The van der Waals surface area contributed by atoms with Crippen molar-refractivity contribution in [2.45, 2.75) is 31.6 Å². The van der Waals surface area contributed by atoms with Crippen LogP contribution >= 0.6 is 11.6 Å². The van der Waals surface area contributed by atoms with Crippen LogP contribution in [0.2, 0.25) is 0 Å². The van der Waals surface area contributed by atoms with Crippen molar-refractivity contribution in [2.24, 2.45) is 0 Å². The average molecular weight is 131 g/mol. The van der Waals surface area contributed by atoms with E-state index in [1.54, 1.807) is 0 Å². The van der Waals surface area contributed by atoms with Crippen molar-refractivity contribution in [3.63, 3.8) is 0 Å². The first-order chi connectivity index (χ1) is 3.83. The molecule has 0 unspecified atom stereocenters. The monoisotopic (exact) mass is 130 g/mol. The normalized spacial score (nSPS) is 28.2. The summed E-state index contributed by atoms with van der Waals surface area (Å²) in [6.07, 6.45) is 5.75. The highest BCUT2D eigenvalue weighted by Gasteiger charge is 2.10. The van der Waals surface area contributed by atoms with Crippen LogP contribution in [0.5, 0.6) is 0 Å². The second-order valence-electron chi connectivity index (χ2n) is 2.23. The standard InChI is InChI=1S/C7H11Cl/c1-2-6-3-4-7(8)5-6/h5,7H,2-4H2,1H3/t7-/m0/s1. The molecule has 1 heteroatoms. The molecular weight excluding hydrogens is 120 g/mol. The molecule has 0 nitrogen and oxygen atoms in total. The highest BCUT2D eigenvalue weighted by Crippen LogP contribution is 2.24. The molecule has 0 spiro atoms. The van der Waals surface area contributed by atoms with Gasteiger partial charge in [0.25, 0.3) is 0 Å². The molecule has 0 fully saturated rings. The van der Waals surface area contributed by atoms with Crippen LogP contribution in [0.15, 0.2) is 11.6 Å². The Hall–Kier alpha value is 0.0300. The second kappa shape index (κ2) is 2.54. The Morgan fingerprint density at radius 2 is 2.62 bits per heavy atom. The predicted octanol–water partition coefficient (Wildman–Crippen LogP) is 2.72. The number of alkyl halides is 1. The third-order valence-electron chi connectivity index (χ3n) is 1.61. The third kappa shape index (κ3) is 1.25. The van der Waals surface area contributed by atoms with E-state index in [0.717, 1.165) is 6.42 Å². The molecule has 8 heavy (non-hydrogen) atoms. The maximum Gasteiger partial charge on any atom is 0.0521 e. The van der Waals surface area contributed by atoms with Crippen LogP contribution in [0, 0.1) is 0 Å². The van der Waals surface area contributed by atoms with E-state index >= 15 is 0 Å². The first-order valence-corrected chi connectivity index (χ1v) is 3.60. The Kier molecular flexibility index (Phi) is 1.95. The van der Waals surface area contributed by atoms with Crippen LogP contribution in [0.1, 0.15) is 26.2 Å². The molecular formula is C7H11Cl. The number of rotatable bonds is 1. The van der Waals surface area contributed by atoms with Crippen LogP contribution < -0.4 is 0 Å². The average Bonchev–Trinajstić information content (AvgIpc) is 2.14. The van der Waals surface area contributed by atoms with Gasteiger partial charge in [0, 0.05) is 0 Å². The molecule has 0 radical (unpaired) electrons. The molecule has 1 aliphatic carbocycles. The molecule has 0 N–H and O–H groups in total. The zero-order valence-corrected chi connectivity index (χ0v) is 5.91. The smallest absolute Gasteiger partial charge is 0.0521 e. The van der Waals surface area contributed by atoms with Crippen LogP contribution in [-0.4, -0.2) is 5.38 Å². The van der Waals surface area contributed by atoms with Gasteiger partial charge in [0.2, 0.25) is 0 Å². The number of allylic oxidation sites excluding steroid dienone is 2. The van der Waals surface area contributed by atoms with Gasteiger partial charge in [-0.3, -0.25) is 0 Å². The maximum absolute atomic E-state index is 5.81. The fourth-order valence-electron chi connectivity index (χ4n) is 1.04. The molecule has 0 saturated heterocycles.